The Morgan fingerprint density at radius 3 is 1.93 bits per heavy atom. The lowest BCUT2D eigenvalue weighted by Crippen LogP contribution is -2.40. The maximum Gasteiger partial charge on any atom is 0.426 e. The van der Waals surface area contributed by atoms with Gasteiger partial charge in [0, 0.05) is 5.57 Å². The first-order valence-electron chi connectivity index (χ1n) is 3.50. The van der Waals surface area contributed by atoms with E-state index in [9.17, 15) is 31.1 Å². The van der Waals surface area contributed by atoms with Gasteiger partial charge in [-0.3, -0.25) is 0 Å². The Labute approximate surface area is 80.2 Å². The zero-order valence-electron chi connectivity index (χ0n) is 7.28. The molecule has 1 N–H and O–H groups in total. The van der Waals surface area contributed by atoms with Gasteiger partial charge in [-0.25, -0.2) is 9.18 Å². The number of rotatable bonds is 3. The number of halogens is 6. The van der Waals surface area contributed by atoms with Gasteiger partial charge >= 0.3 is 18.1 Å². The Bertz CT molecular complexity index is 280. The summed E-state index contributed by atoms with van der Waals surface area (Å²) >= 11 is 0. The average Bonchev–Trinajstić information content (AvgIpc) is 2.00. The minimum atomic E-state index is -5.74. The summed E-state index contributed by atoms with van der Waals surface area (Å²) in [5.41, 5.74) is -1.06. The van der Waals surface area contributed by atoms with E-state index in [1.165, 1.54) is 0 Å². The van der Waals surface area contributed by atoms with E-state index < -0.39 is 35.9 Å². The predicted molar refractivity (Wildman–Crippen MR) is 37.3 cm³/mol. The largest absolute Gasteiger partial charge is 0.478 e. The standard InChI is InChI=1S/C7H6F6O2/c1-3(4(14)15)2-6(9,10)5(8)7(11,12)13/h2,5H,1H3,(H,14,15)/b3-2+. The van der Waals surface area contributed by atoms with Crippen LogP contribution in [0, 0.1) is 0 Å². The number of carboxylic acids is 1. The first-order chi connectivity index (χ1) is 6.48. The van der Waals surface area contributed by atoms with Gasteiger partial charge in [0.2, 0.25) is 0 Å². The Balaban J connectivity index is 5.00. The normalized spacial score (nSPS) is 16.3. The molecule has 8 heteroatoms. The second-order valence-corrected chi connectivity index (χ2v) is 2.71. The summed E-state index contributed by atoms with van der Waals surface area (Å²) in [5.74, 6) is -6.73. The smallest absolute Gasteiger partial charge is 0.426 e. The van der Waals surface area contributed by atoms with Crippen LogP contribution in [0.1, 0.15) is 6.92 Å². The highest BCUT2D eigenvalue weighted by molar-refractivity contribution is 5.85. The van der Waals surface area contributed by atoms with Crippen molar-refractivity contribution < 1.29 is 36.2 Å². The Kier molecular flexibility index (Phi) is 3.78. The number of carbonyl (C=O) groups is 1. The highest BCUT2D eigenvalue weighted by Crippen LogP contribution is 2.36. The van der Waals surface area contributed by atoms with Gasteiger partial charge < -0.3 is 5.11 Å². The number of alkyl halides is 6. The summed E-state index contributed by atoms with van der Waals surface area (Å²) in [5, 5.41) is 8.12. The first-order valence-corrected chi connectivity index (χ1v) is 3.50. The number of hydrogen-bond acceptors (Lipinski definition) is 1. The van der Waals surface area contributed by atoms with Crippen molar-refractivity contribution in [3.8, 4) is 0 Å². The monoisotopic (exact) mass is 236 g/mol. The first kappa shape index (κ1) is 13.8. The molecule has 0 fully saturated rings. The molecule has 0 aliphatic rings. The van der Waals surface area contributed by atoms with Crippen molar-refractivity contribution in [2.45, 2.75) is 25.2 Å². The van der Waals surface area contributed by atoms with Crippen LogP contribution in [0.25, 0.3) is 0 Å². The molecule has 1 atom stereocenters. The van der Waals surface area contributed by atoms with Gasteiger partial charge in [0.15, 0.2) is 0 Å². The minimum Gasteiger partial charge on any atom is -0.478 e. The fourth-order valence-electron chi connectivity index (χ4n) is 0.642. The summed E-state index contributed by atoms with van der Waals surface area (Å²) in [6.45, 7) is 0.638. The van der Waals surface area contributed by atoms with Crippen molar-refractivity contribution in [2.75, 3.05) is 0 Å². The molecule has 0 aliphatic carbocycles. The molecule has 88 valence electrons. The lowest BCUT2D eigenvalue weighted by atomic mass is 10.1. The molecule has 0 aromatic rings. The topological polar surface area (TPSA) is 37.3 Å². The van der Waals surface area contributed by atoms with Crippen LogP contribution in [0.15, 0.2) is 11.6 Å². The van der Waals surface area contributed by atoms with E-state index in [0.29, 0.717) is 6.92 Å². The summed E-state index contributed by atoms with van der Waals surface area (Å²) in [4.78, 5) is 10.0. The zero-order chi connectivity index (χ0) is 12.4. The quantitative estimate of drug-likeness (QED) is 0.604. The predicted octanol–water partition coefficient (Wildman–Crippen LogP) is 2.55. The third-order valence-corrected chi connectivity index (χ3v) is 1.37. The molecule has 2 nitrogen and oxygen atoms in total. The number of carboxylic acid groups (broad SMARTS) is 1. The number of allylic oxidation sites excluding steroid dienone is 1. The summed E-state index contributed by atoms with van der Waals surface area (Å²) in [7, 11) is 0. The van der Waals surface area contributed by atoms with Crippen molar-refractivity contribution in [1.29, 1.82) is 0 Å². The van der Waals surface area contributed by atoms with Crippen LogP contribution < -0.4 is 0 Å². The van der Waals surface area contributed by atoms with Crippen LogP contribution in [0.3, 0.4) is 0 Å². The highest BCUT2D eigenvalue weighted by atomic mass is 19.4. The molecule has 0 saturated carbocycles. The van der Waals surface area contributed by atoms with Crippen molar-refractivity contribution in [2.24, 2.45) is 0 Å². The van der Waals surface area contributed by atoms with E-state index in [-0.39, 0.29) is 0 Å². The molecule has 15 heavy (non-hydrogen) atoms. The van der Waals surface area contributed by atoms with Gasteiger partial charge in [0.1, 0.15) is 0 Å². The van der Waals surface area contributed by atoms with E-state index in [1.807, 2.05) is 0 Å². The van der Waals surface area contributed by atoms with Crippen LogP contribution in [-0.4, -0.2) is 29.3 Å². The van der Waals surface area contributed by atoms with Gasteiger partial charge in [0.25, 0.3) is 6.17 Å². The molecule has 1 unspecified atom stereocenters. The van der Waals surface area contributed by atoms with Crippen molar-refractivity contribution in [3.63, 3.8) is 0 Å². The Morgan fingerprint density at radius 1 is 1.27 bits per heavy atom. The summed E-state index contributed by atoms with van der Waals surface area (Å²) in [6.07, 6.45) is -10.7. The average molecular weight is 236 g/mol. The molecule has 0 aliphatic heterocycles. The second kappa shape index (κ2) is 4.11. The SMILES string of the molecule is C/C(=C\C(F)(F)C(F)C(F)(F)F)C(=O)O. The molecule has 0 heterocycles. The van der Waals surface area contributed by atoms with Crippen LogP contribution in [0.4, 0.5) is 26.3 Å². The van der Waals surface area contributed by atoms with E-state index in [4.69, 9.17) is 5.11 Å². The molecule has 0 radical (unpaired) electrons. The lowest BCUT2D eigenvalue weighted by molar-refractivity contribution is -0.231. The van der Waals surface area contributed by atoms with Crippen LogP contribution in [-0.2, 0) is 4.79 Å². The van der Waals surface area contributed by atoms with E-state index in [0.717, 1.165) is 0 Å². The zero-order valence-corrected chi connectivity index (χ0v) is 7.28. The lowest BCUT2D eigenvalue weighted by Gasteiger charge is -2.19. The van der Waals surface area contributed by atoms with Crippen molar-refractivity contribution in [1.82, 2.24) is 0 Å². The molecule has 0 amide bonds. The van der Waals surface area contributed by atoms with E-state index in [2.05, 4.69) is 0 Å². The minimum absolute atomic E-state index is 0.562. The van der Waals surface area contributed by atoms with Gasteiger partial charge in [-0.2, -0.15) is 22.0 Å². The van der Waals surface area contributed by atoms with Gasteiger partial charge in [0.05, 0.1) is 0 Å². The number of aliphatic carboxylic acids is 1. The van der Waals surface area contributed by atoms with E-state index in [1.54, 1.807) is 0 Å². The maximum atomic E-state index is 12.5. The highest BCUT2D eigenvalue weighted by Gasteiger charge is 2.55. The summed E-state index contributed by atoms with van der Waals surface area (Å²) in [6, 6.07) is 0. The fourth-order valence-corrected chi connectivity index (χ4v) is 0.642. The fraction of sp³-hybridized carbons (Fsp3) is 0.571. The third kappa shape index (κ3) is 3.80. The molecule has 0 spiro atoms. The summed E-state index contributed by atoms with van der Waals surface area (Å²) < 4.78 is 71.9. The van der Waals surface area contributed by atoms with Crippen molar-refractivity contribution in [3.05, 3.63) is 11.6 Å². The molecule has 0 aromatic carbocycles. The molecular weight excluding hydrogens is 230 g/mol. The van der Waals surface area contributed by atoms with E-state index >= 15 is 0 Å². The molecule has 0 bridgehead atoms. The number of hydrogen-bond donors (Lipinski definition) is 1. The molecule has 0 aromatic heterocycles. The van der Waals surface area contributed by atoms with Gasteiger partial charge in [-0.15, -0.1) is 0 Å². The second-order valence-electron chi connectivity index (χ2n) is 2.71. The van der Waals surface area contributed by atoms with Crippen LogP contribution in [0.2, 0.25) is 0 Å². The Hall–Kier alpha value is -1.21. The van der Waals surface area contributed by atoms with Gasteiger partial charge in [-0.1, -0.05) is 0 Å². The molecular formula is C7H6F6O2. The third-order valence-electron chi connectivity index (χ3n) is 1.37. The Morgan fingerprint density at radius 2 is 1.67 bits per heavy atom. The molecule has 0 rings (SSSR count). The maximum absolute atomic E-state index is 12.5. The van der Waals surface area contributed by atoms with Crippen molar-refractivity contribution >= 4 is 5.97 Å². The van der Waals surface area contributed by atoms with Crippen LogP contribution >= 0.6 is 0 Å². The van der Waals surface area contributed by atoms with Crippen LogP contribution in [0.5, 0.6) is 0 Å². The van der Waals surface area contributed by atoms with Gasteiger partial charge in [-0.05, 0) is 13.0 Å². The molecule has 0 saturated heterocycles.